The number of hydrogen-bond acceptors (Lipinski definition) is 3. The molecule has 0 saturated heterocycles. The zero-order valence-electron chi connectivity index (χ0n) is 21.6. The molecule has 2 heterocycles. The molecule has 0 amide bonds. The molecule has 39 heavy (non-hydrogen) atoms. The summed E-state index contributed by atoms with van der Waals surface area (Å²) in [7, 11) is 0. The monoisotopic (exact) mass is 503 g/mol. The summed E-state index contributed by atoms with van der Waals surface area (Å²) in [5.41, 5.74) is 10.8. The van der Waals surface area contributed by atoms with Crippen molar-refractivity contribution < 1.29 is 0 Å². The summed E-state index contributed by atoms with van der Waals surface area (Å²) < 4.78 is 0. The quantitative estimate of drug-likeness (QED) is 0.255. The van der Waals surface area contributed by atoms with Crippen molar-refractivity contribution in [3.05, 3.63) is 168 Å². The van der Waals surface area contributed by atoms with E-state index in [0.717, 1.165) is 23.8 Å². The van der Waals surface area contributed by atoms with Gasteiger partial charge in [0.2, 0.25) is 0 Å². The standard InChI is InChI=1S/C36H29N3/c1-5-13-26(14-6-1)29-21-30(27-15-7-2-8-16-27)23-31(22-29)35-38-34-24-32(28-17-9-3-10-18-28)25-37-36(34)39(35)33-19-11-4-12-20-33/h1-24,35,37-38H,25H2. The number of nitrogens with zero attached hydrogens (tertiary/aromatic N) is 1. The van der Waals surface area contributed by atoms with E-state index in [-0.39, 0.29) is 6.17 Å². The molecule has 0 bridgehead atoms. The molecule has 188 valence electrons. The van der Waals surface area contributed by atoms with E-state index in [1.807, 2.05) is 0 Å². The zero-order valence-corrected chi connectivity index (χ0v) is 21.6. The van der Waals surface area contributed by atoms with Crippen molar-refractivity contribution in [1.29, 1.82) is 0 Å². The molecule has 1 atom stereocenters. The minimum absolute atomic E-state index is 0.0672. The smallest absolute Gasteiger partial charge is 0.132 e. The van der Waals surface area contributed by atoms with Crippen molar-refractivity contribution >= 4 is 11.3 Å². The highest BCUT2D eigenvalue weighted by atomic mass is 15.4. The summed E-state index contributed by atoms with van der Waals surface area (Å²) >= 11 is 0. The Morgan fingerprint density at radius 2 is 1.05 bits per heavy atom. The third kappa shape index (κ3) is 4.49. The van der Waals surface area contributed by atoms with Crippen LogP contribution in [0.4, 0.5) is 5.69 Å². The van der Waals surface area contributed by atoms with Gasteiger partial charge in [-0.1, -0.05) is 109 Å². The van der Waals surface area contributed by atoms with E-state index in [1.54, 1.807) is 0 Å². The first kappa shape index (κ1) is 23.1. The molecular formula is C36H29N3. The van der Waals surface area contributed by atoms with E-state index in [2.05, 4.69) is 161 Å². The van der Waals surface area contributed by atoms with Crippen LogP contribution in [0.25, 0.3) is 27.8 Å². The molecule has 1 unspecified atom stereocenters. The van der Waals surface area contributed by atoms with Gasteiger partial charge in [0.05, 0.1) is 5.70 Å². The van der Waals surface area contributed by atoms with Crippen LogP contribution in [-0.4, -0.2) is 6.54 Å². The Hall–Kier alpha value is -5.02. The lowest BCUT2D eigenvalue weighted by molar-refractivity contribution is 0.642. The second-order valence-electron chi connectivity index (χ2n) is 9.98. The second-order valence-corrected chi connectivity index (χ2v) is 9.98. The Morgan fingerprint density at radius 1 is 0.538 bits per heavy atom. The highest BCUT2D eigenvalue weighted by Gasteiger charge is 2.35. The van der Waals surface area contributed by atoms with E-state index >= 15 is 0 Å². The molecule has 7 rings (SSSR count). The molecule has 0 radical (unpaired) electrons. The van der Waals surface area contributed by atoms with Gasteiger partial charge < -0.3 is 15.5 Å². The molecule has 3 nitrogen and oxygen atoms in total. The van der Waals surface area contributed by atoms with Crippen molar-refractivity contribution in [2.45, 2.75) is 6.17 Å². The fraction of sp³-hybridized carbons (Fsp3) is 0.0556. The molecule has 0 spiro atoms. The largest absolute Gasteiger partial charge is 0.366 e. The van der Waals surface area contributed by atoms with Gasteiger partial charge in [-0.2, -0.15) is 0 Å². The number of anilines is 1. The minimum Gasteiger partial charge on any atom is -0.366 e. The Balaban J connectivity index is 1.36. The number of allylic oxidation sites excluding steroid dienone is 1. The van der Waals surface area contributed by atoms with E-state index in [0.29, 0.717) is 0 Å². The molecular weight excluding hydrogens is 474 g/mol. The summed E-state index contributed by atoms with van der Waals surface area (Å²) in [4.78, 5) is 2.40. The predicted molar refractivity (Wildman–Crippen MR) is 162 cm³/mol. The third-order valence-electron chi connectivity index (χ3n) is 7.48. The topological polar surface area (TPSA) is 27.3 Å². The molecule has 2 aliphatic rings. The first-order valence-corrected chi connectivity index (χ1v) is 13.4. The van der Waals surface area contributed by atoms with Crippen LogP contribution in [0.3, 0.4) is 0 Å². The van der Waals surface area contributed by atoms with Crippen LogP contribution in [-0.2, 0) is 0 Å². The average molecular weight is 504 g/mol. The van der Waals surface area contributed by atoms with Gasteiger partial charge in [0.1, 0.15) is 12.0 Å². The van der Waals surface area contributed by atoms with Crippen molar-refractivity contribution in [1.82, 2.24) is 10.6 Å². The van der Waals surface area contributed by atoms with Crippen molar-refractivity contribution in [3.8, 4) is 22.3 Å². The number of para-hydroxylation sites is 1. The fourth-order valence-electron chi connectivity index (χ4n) is 5.57. The Bertz CT molecular complexity index is 1600. The first-order valence-electron chi connectivity index (χ1n) is 13.4. The molecule has 5 aromatic rings. The van der Waals surface area contributed by atoms with Gasteiger partial charge in [0.25, 0.3) is 0 Å². The maximum atomic E-state index is 3.88. The SMILES string of the molecule is C1=C(c2ccccc2)CNC2=C1NC(c1cc(-c3ccccc3)cc(-c3ccccc3)c1)N2c1ccccc1. The third-order valence-corrected chi connectivity index (χ3v) is 7.48. The summed E-state index contributed by atoms with van der Waals surface area (Å²) in [6, 6.07) is 49.5. The highest BCUT2D eigenvalue weighted by Crippen LogP contribution is 2.40. The molecule has 3 heteroatoms. The number of nitrogens with one attached hydrogen (secondary N) is 2. The Labute approximate surface area is 229 Å². The van der Waals surface area contributed by atoms with Crippen LogP contribution in [0.1, 0.15) is 17.3 Å². The Kier molecular flexibility index (Phi) is 5.95. The summed E-state index contributed by atoms with van der Waals surface area (Å²) in [5.74, 6) is 1.11. The normalized spacial score (nSPS) is 16.3. The lowest BCUT2D eigenvalue weighted by atomic mass is 9.95. The number of rotatable bonds is 5. The van der Waals surface area contributed by atoms with E-state index < -0.39 is 0 Å². The Morgan fingerprint density at radius 3 is 1.62 bits per heavy atom. The van der Waals surface area contributed by atoms with E-state index in [9.17, 15) is 0 Å². The maximum Gasteiger partial charge on any atom is 0.132 e. The fourth-order valence-corrected chi connectivity index (χ4v) is 5.57. The van der Waals surface area contributed by atoms with Gasteiger partial charge >= 0.3 is 0 Å². The maximum absolute atomic E-state index is 3.88. The molecule has 2 N–H and O–H groups in total. The van der Waals surface area contributed by atoms with Crippen LogP contribution < -0.4 is 15.5 Å². The second kappa shape index (κ2) is 10.0. The number of dihydropyridines is 1. The molecule has 0 aromatic heterocycles. The van der Waals surface area contributed by atoms with Crippen molar-refractivity contribution in [2.75, 3.05) is 11.4 Å². The lowest BCUT2D eigenvalue weighted by Crippen LogP contribution is -2.34. The average Bonchev–Trinajstić information content (AvgIpc) is 3.41. The van der Waals surface area contributed by atoms with Gasteiger partial charge in [-0.25, -0.2) is 0 Å². The summed E-state index contributed by atoms with van der Waals surface area (Å²) in [5, 5.41) is 7.63. The van der Waals surface area contributed by atoms with E-state index in [1.165, 1.54) is 39.0 Å². The zero-order chi connectivity index (χ0) is 26.0. The van der Waals surface area contributed by atoms with Crippen LogP contribution in [0, 0.1) is 0 Å². The van der Waals surface area contributed by atoms with E-state index in [4.69, 9.17) is 0 Å². The molecule has 5 aromatic carbocycles. The predicted octanol–water partition coefficient (Wildman–Crippen LogP) is 7.98. The summed E-state index contributed by atoms with van der Waals surface area (Å²) in [6.07, 6.45) is 2.23. The summed E-state index contributed by atoms with van der Waals surface area (Å²) in [6.45, 7) is 0.778. The van der Waals surface area contributed by atoms with Gasteiger partial charge in [0.15, 0.2) is 0 Å². The number of benzene rings is 5. The van der Waals surface area contributed by atoms with Crippen molar-refractivity contribution in [2.24, 2.45) is 0 Å². The van der Waals surface area contributed by atoms with Crippen LogP contribution in [0.2, 0.25) is 0 Å². The lowest BCUT2D eigenvalue weighted by Gasteiger charge is -2.31. The first-order chi connectivity index (χ1) is 19.3. The van der Waals surface area contributed by atoms with Gasteiger partial charge in [-0.3, -0.25) is 0 Å². The van der Waals surface area contributed by atoms with Crippen LogP contribution in [0.5, 0.6) is 0 Å². The van der Waals surface area contributed by atoms with Gasteiger partial charge in [-0.05, 0) is 75.4 Å². The van der Waals surface area contributed by atoms with Crippen LogP contribution >= 0.6 is 0 Å². The minimum atomic E-state index is -0.0672. The van der Waals surface area contributed by atoms with Crippen molar-refractivity contribution in [3.63, 3.8) is 0 Å². The molecule has 2 aliphatic heterocycles. The molecule has 0 fully saturated rings. The van der Waals surface area contributed by atoms with Gasteiger partial charge in [0, 0.05) is 12.2 Å². The van der Waals surface area contributed by atoms with Crippen LogP contribution in [0.15, 0.2) is 157 Å². The molecule has 0 aliphatic carbocycles. The number of hydrogen-bond donors (Lipinski definition) is 2. The highest BCUT2D eigenvalue weighted by molar-refractivity contribution is 5.77. The molecule has 0 saturated carbocycles. The van der Waals surface area contributed by atoms with Gasteiger partial charge in [-0.15, -0.1) is 0 Å².